The fourth-order valence-electron chi connectivity index (χ4n) is 1.33. The van der Waals surface area contributed by atoms with Gasteiger partial charge in [0.05, 0.1) is 6.54 Å². The van der Waals surface area contributed by atoms with Crippen molar-refractivity contribution in [2.75, 3.05) is 20.6 Å². The summed E-state index contributed by atoms with van der Waals surface area (Å²) >= 11 is 0. The van der Waals surface area contributed by atoms with E-state index in [4.69, 9.17) is 0 Å². The lowest BCUT2D eigenvalue weighted by molar-refractivity contribution is -0.127. The second-order valence-corrected chi connectivity index (χ2v) is 3.91. The molecular weight excluding hydrogens is 207 g/mol. The molecule has 1 aromatic rings. The highest BCUT2D eigenvalue weighted by Crippen LogP contribution is 2.15. The predicted molar refractivity (Wildman–Crippen MR) is 61.5 cm³/mol. The van der Waals surface area contributed by atoms with Crippen LogP contribution >= 0.6 is 0 Å². The van der Waals surface area contributed by atoms with E-state index < -0.39 is 0 Å². The largest absolute Gasteiger partial charge is 0.348 e. The van der Waals surface area contributed by atoms with E-state index in [1.807, 2.05) is 6.92 Å². The van der Waals surface area contributed by atoms with Gasteiger partial charge in [-0.2, -0.15) is 0 Å². The van der Waals surface area contributed by atoms with Crippen molar-refractivity contribution in [2.45, 2.75) is 13.0 Å². The van der Waals surface area contributed by atoms with Gasteiger partial charge in [-0.25, -0.2) is 4.39 Å². The molecule has 0 heterocycles. The maximum absolute atomic E-state index is 13.4. The molecule has 88 valence electrons. The number of nitrogens with zero attached hydrogens (tertiary/aromatic N) is 1. The van der Waals surface area contributed by atoms with Crippen LogP contribution in [0.5, 0.6) is 0 Å². The van der Waals surface area contributed by atoms with Crippen molar-refractivity contribution in [1.82, 2.24) is 10.2 Å². The summed E-state index contributed by atoms with van der Waals surface area (Å²) in [6.45, 7) is 2.05. The Kier molecular flexibility index (Phi) is 4.43. The van der Waals surface area contributed by atoms with Gasteiger partial charge in [-0.15, -0.1) is 0 Å². The number of halogens is 1. The Labute approximate surface area is 95.3 Å². The minimum absolute atomic E-state index is 0.0248. The third-order valence-corrected chi connectivity index (χ3v) is 2.43. The van der Waals surface area contributed by atoms with Crippen molar-refractivity contribution in [3.63, 3.8) is 0 Å². The van der Waals surface area contributed by atoms with Gasteiger partial charge in [-0.05, 0) is 13.0 Å². The molecule has 0 fully saturated rings. The Bertz CT molecular complexity index is 366. The second kappa shape index (κ2) is 5.61. The number of hydrogen-bond donors (Lipinski definition) is 1. The van der Waals surface area contributed by atoms with Crippen LogP contribution in [0.4, 0.5) is 4.39 Å². The molecule has 0 aromatic heterocycles. The minimum Gasteiger partial charge on any atom is -0.348 e. The summed E-state index contributed by atoms with van der Waals surface area (Å²) in [6, 6.07) is 6.39. The van der Waals surface area contributed by atoms with E-state index in [1.165, 1.54) is 11.0 Å². The highest BCUT2D eigenvalue weighted by atomic mass is 19.1. The first-order valence-corrected chi connectivity index (χ1v) is 5.20. The van der Waals surface area contributed by atoms with Gasteiger partial charge in [0, 0.05) is 25.7 Å². The summed E-state index contributed by atoms with van der Waals surface area (Å²) in [5.41, 5.74) is 0.578. The van der Waals surface area contributed by atoms with E-state index in [2.05, 4.69) is 5.32 Å². The van der Waals surface area contributed by atoms with Gasteiger partial charge in [0.2, 0.25) is 5.91 Å². The molecule has 1 atom stereocenters. The van der Waals surface area contributed by atoms with Crippen LogP contribution in [0.1, 0.15) is 18.5 Å². The fraction of sp³-hybridized carbons (Fsp3) is 0.417. The van der Waals surface area contributed by atoms with Gasteiger partial charge in [-0.1, -0.05) is 18.2 Å². The van der Waals surface area contributed by atoms with Crippen LogP contribution in [0.3, 0.4) is 0 Å². The number of carbonyl (C=O) groups excluding carboxylic acids is 1. The van der Waals surface area contributed by atoms with Gasteiger partial charge in [0.15, 0.2) is 0 Å². The molecule has 0 spiro atoms. The molecule has 0 saturated carbocycles. The van der Waals surface area contributed by atoms with E-state index in [9.17, 15) is 9.18 Å². The molecule has 0 aliphatic heterocycles. The van der Waals surface area contributed by atoms with Crippen LogP contribution in [0.2, 0.25) is 0 Å². The molecule has 1 aromatic carbocycles. The van der Waals surface area contributed by atoms with Gasteiger partial charge in [-0.3, -0.25) is 4.79 Å². The summed E-state index contributed by atoms with van der Waals surface area (Å²) in [4.78, 5) is 12.8. The third kappa shape index (κ3) is 3.31. The average molecular weight is 224 g/mol. The van der Waals surface area contributed by atoms with Gasteiger partial charge >= 0.3 is 0 Å². The van der Waals surface area contributed by atoms with E-state index in [-0.39, 0.29) is 24.3 Å². The summed E-state index contributed by atoms with van der Waals surface area (Å²) in [5, 5.41) is 2.99. The lowest BCUT2D eigenvalue weighted by Crippen LogP contribution is -2.34. The lowest BCUT2D eigenvalue weighted by Gasteiger charge is -2.16. The number of likely N-dealkylation sites (N-methyl/N-ethyl adjacent to an activating group) is 1. The minimum atomic E-state index is -0.250. The first kappa shape index (κ1) is 12.6. The van der Waals surface area contributed by atoms with Gasteiger partial charge < -0.3 is 10.2 Å². The molecule has 1 unspecified atom stereocenters. The van der Waals surface area contributed by atoms with Crippen LogP contribution in [0.15, 0.2) is 24.3 Å². The Morgan fingerprint density at radius 3 is 2.62 bits per heavy atom. The molecule has 3 nitrogen and oxygen atoms in total. The van der Waals surface area contributed by atoms with Crippen LogP contribution in [-0.4, -0.2) is 31.4 Å². The standard InChI is InChI=1S/C12H17FN2O/c1-9(14-8-12(16)15(2)3)10-6-4-5-7-11(10)13/h4-7,9,14H,8H2,1-3H3. The molecule has 1 rings (SSSR count). The smallest absolute Gasteiger partial charge is 0.236 e. The average Bonchev–Trinajstić information content (AvgIpc) is 2.25. The molecule has 0 bridgehead atoms. The van der Waals surface area contributed by atoms with Crippen molar-refractivity contribution in [3.8, 4) is 0 Å². The Morgan fingerprint density at radius 1 is 1.44 bits per heavy atom. The van der Waals surface area contributed by atoms with E-state index in [0.29, 0.717) is 5.56 Å². The van der Waals surface area contributed by atoms with Crippen molar-refractivity contribution in [3.05, 3.63) is 35.6 Å². The molecule has 4 heteroatoms. The van der Waals surface area contributed by atoms with Crippen LogP contribution in [0.25, 0.3) is 0 Å². The fourth-order valence-corrected chi connectivity index (χ4v) is 1.33. The zero-order chi connectivity index (χ0) is 12.1. The zero-order valence-corrected chi connectivity index (χ0v) is 9.83. The molecule has 0 aliphatic carbocycles. The topological polar surface area (TPSA) is 32.3 Å². The highest BCUT2D eigenvalue weighted by Gasteiger charge is 2.11. The maximum atomic E-state index is 13.4. The highest BCUT2D eigenvalue weighted by molar-refractivity contribution is 5.77. The SMILES string of the molecule is CC(NCC(=O)N(C)C)c1ccccc1F. The summed E-state index contributed by atoms with van der Waals surface area (Å²) in [7, 11) is 3.38. The Hall–Kier alpha value is -1.42. The van der Waals surface area contributed by atoms with Crippen LogP contribution in [-0.2, 0) is 4.79 Å². The quantitative estimate of drug-likeness (QED) is 0.842. The van der Waals surface area contributed by atoms with E-state index >= 15 is 0 Å². The predicted octanol–water partition coefficient (Wildman–Crippen LogP) is 1.56. The maximum Gasteiger partial charge on any atom is 0.236 e. The molecule has 1 N–H and O–H groups in total. The van der Waals surface area contributed by atoms with Crippen LogP contribution < -0.4 is 5.32 Å². The first-order valence-electron chi connectivity index (χ1n) is 5.20. The lowest BCUT2D eigenvalue weighted by atomic mass is 10.1. The third-order valence-electron chi connectivity index (χ3n) is 2.43. The van der Waals surface area contributed by atoms with Crippen LogP contribution in [0, 0.1) is 5.82 Å². The summed E-state index contributed by atoms with van der Waals surface area (Å²) in [5.74, 6) is -0.275. The van der Waals surface area contributed by atoms with Gasteiger partial charge in [0.25, 0.3) is 0 Å². The molecule has 0 radical (unpaired) electrons. The molecule has 0 aliphatic rings. The molecule has 0 saturated heterocycles. The molecular formula is C12H17FN2O. The Morgan fingerprint density at radius 2 is 2.06 bits per heavy atom. The molecule has 16 heavy (non-hydrogen) atoms. The van der Waals surface area contributed by atoms with Crippen molar-refractivity contribution < 1.29 is 9.18 Å². The van der Waals surface area contributed by atoms with Crippen molar-refractivity contribution >= 4 is 5.91 Å². The zero-order valence-electron chi connectivity index (χ0n) is 9.83. The number of benzene rings is 1. The number of amides is 1. The van der Waals surface area contributed by atoms with E-state index in [1.54, 1.807) is 32.3 Å². The normalized spacial score (nSPS) is 12.2. The van der Waals surface area contributed by atoms with Crippen molar-refractivity contribution in [2.24, 2.45) is 0 Å². The number of hydrogen-bond acceptors (Lipinski definition) is 2. The molecule has 1 amide bonds. The van der Waals surface area contributed by atoms with E-state index in [0.717, 1.165) is 0 Å². The monoisotopic (exact) mass is 224 g/mol. The number of rotatable bonds is 4. The summed E-state index contributed by atoms with van der Waals surface area (Å²) in [6.07, 6.45) is 0. The van der Waals surface area contributed by atoms with Gasteiger partial charge in [0.1, 0.15) is 5.82 Å². The van der Waals surface area contributed by atoms with Crippen molar-refractivity contribution in [1.29, 1.82) is 0 Å². The number of carbonyl (C=O) groups is 1. The Balaban J connectivity index is 2.56. The number of nitrogens with one attached hydrogen (secondary N) is 1. The second-order valence-electron chi connectivity index (χ2n) is 3.91. The summed E-state index contributed by atoms with van der Waals surface area (Å²) < 4.78 is 13.4. The first-order chi connectivity index (χ1) is 7.52.